The maximum absolute atomic E-state index is 11.9. The molecule has 0 aliphatic rings. The van der Waals surface area contributed by atoms with Crippen LogP contribution in [0.15, 0.2) is 40.9 Å². The quantitative estimate of drug-likeness (QED) is 0.138. The molecule has 0 saturated heterocycles. The van der Waals surface area contributed by atoms with E-state index in [1.807, 2.05) is 52.8 Å². The number of rotatable bonds is 15. The fourth-order valence-corrected chi connectivity index (χ4v) is 2.32. The second kappa shape index (κ2) is 16.6. The summed E-state index contributed by atoms with van der Waals surface area (Å²) >= 11 is 0. The third kappa shape index (κ3) is 15.4. The van der Waals surface area contributed by atoms with Crippen LogP contribution in [0.1, 0.15) is 87.0 Å². The SMILES string of the molecule is C/C=C(\C=C/CC(C)CNC(=O)OC(C)(C)CC)OC(=C/CCCCN)/N=C(/C)CC. The number of amides is 1. The third-order valence-electron chi connectivity index (χ3n) is 4.93. The molecule has 0 rings (SSSR count). The number of allylic oxidation sites excluding steroid dienone is 4. The molecule has 0 aromatic heterocycles. The van der Waals surface area contributed by atoms with E-state index in [2.05, 4.69) is 30.2 Å². The van der Waals surface area contributed by atoms with Crippen molar-refractivity contribution in [2.45, 2.75) is 92.6 Å². The summed E-state index contributed by atoms with van der Waals surface area (Å²) < 4.78 is 11.4. The highest BCUT2D eigenvalue weighted by Crippen LogP contribution is 2.15. The molecule has 0 fully saturated rings. The zero-order chi connectivity index (χ0) is 23.7. The predicted octanol–water partition coefficient (Wildman–Crippen LogP) is 6.25. The highest BCUT2D eigenvalue weighted by atomic mass is 16.6. The van der Waals surface area contributed by atoms with Crippen LogP contribution >= 0.6 is 0 Å². The monoisotopic (exact) mass is 435 g/mol. The van der Waals surface area contributed by atoms with Crippen molar-refractivity contribution in [2.75, 3.05) is 13.1 Å². The number of nitrogens with zero attached hydrogens (tertiary/aromatic N) is 1. The van der Waals surface area contributed by atoms with Gasteiger partial charge in [0.05, 0.1) is 0 Å². The lowest BCUT2D eigenvalue weighted by Gasteiger charge is -2.23. The normalized spacial score (nSPS) is 14.6. The minimum atomic E-state index is -0.445. The largest absolute Gasteiger partial charge is 0.444 e. The zero-order valence-electron chi connectivity index (χ0n) is 20.8. The Balaban J connectivity index is 4.72. The van der Waals surface area contributed by atoms with E-state index >= 15 is 0 Å². The van der Waals surface area contributed by atoms with E-state index in [1.165, 1.54) is 0 Å². The molecule has 0 aromatic carbocycles. The average molecular weight is 436 g/mol. The summed E-state index contributed by atoms with van der Waals surface area (Å²) in [6.07, 6.45) is 13.0. The zero-order valence-corrected chi connectivity index (χ0v) is 20.8. The number of nitrogens with two attached hydrogens (primary N) is 1. The fraction of sp³-hybridized carbons (Fsp3) is 0.680. The van der Waals surface area contributed by atoms with E-state index < -0.39 is 5.60 Å². The maximum Gasteiger partial charge on any atom is 0.407 e. The summed E-state index contributed by atoms with van der Waals surface area (Å²) in [4.78, 5) is 16.5. The lowest BCUT2D eigenvalue weighted by Crippen LogP contribution is -2.36. The number of ether oxygens (including phenoxy) is 2. The lowest BCUT2D eigenvalue weighted by molar-refractivity contribution is 0.0357. The topological polar surface area (TPSA) is 85.9 Å². The Morgan fingerprint density at radius 1 is 1.26 bits per heavy atom. The molecule has 3 N–H and O–H groups in total. The Labute approximate surface area is 190 Å². The Morgan fingerprint density at radius 2 is 1.97 bits per heavy atom. The van der Waals surface area contributed by atoms with Crippen LogP contribution in [0.25, 0.3) is 0 Å². The number of nitrogens with one attached hydrogen (secondary N) is 1. The number of hydrogen-bond acceptors (Lipinski definition) is 5. The lowest BCUT2D eigenvalue weighted by atomic mass is 10.1. The highest BCUT2D eigenvalue weighted by Gasteiger charge is 2.20. The standard InChI is InChI=1S/C25H45N3O3/c1-8-21(5)28-23(17-12-11-13-18-26)30-22(9-2)16-14-15-20(4)19-27-24(29)31-25(6,7)10-3/h9,14,16-17,20H,8,10-13,15,18-19,26H2,1-7H3,(H,27,29)/b16-14-,22-9+,23-17+,28-21-. The first-order chi connectivity index (χ1) is 14.7. The van der Waals surface area contributed by atoms with E-state index in [9.17, 15) is 4.79 Å². The molecule has 1 amide bonds. The first-order valence-corrected chi connectivity index (χ1v) is 11.6. The van der Waals surface area contributed by atoms with Gasteiger partial charge in [-0.2, -0.15) is 0 Å². The van der Waals surface area contributed by atoms with Gasteiger partial charge in [-0.05, 0) is 96.9 Å². The summed E-state index contributed by atoms with van der Waals surface area (Å²) in [6, 6.07) is 0. The first kappa shape index (κ1) is 28.9. The molecule has 0 aromatic rings. The van der Waals surface area contributed by atoms with Crippen LogP contribution in [0, 0.1) is 5.92 Å². The van der Waals surface area contributed by atoms with Gasteiger partial charge in [-0.25, -0.2) is 9.79 Å². The van der Waals surface area contributed by atoms with Gasteiger partial charge in [0.1, 0.15) is 11.4 Å². The van der Waals surface area contributed by atoms with E-state index in [4.69, 9.17) is 15.2 Å². The van der Waals surface area contributed by atoms with Crippen LogP contribution in [-0.2, 0) is 9.47 Å². The molecule has 0 heterocycles. The van der Waals surface area contributed by atoms with E-state index in [1.54, 1.807) is 0 Å². The number of unbranched alkanes of at least 4 members (excludes halogenated alkanes) is 2. The molecule has 0 radical (unpaired) electrons. The van der Waals surface area contributed by atoms with Crippen LogP contribution in [0.2, 0.25) is 0 Å². The van der Waals surface area contributed by atoms with E-state index in [0.29, 0.717) is 19.0 Å². The van der Waals surface area contributed by atoms with Gasteiger partial charge in [0.15, 0.2) is 0 Å². The number of aliphatic imine (C=N–C) groups is 1. The number of carbonyl (C=O) groups is 1. The molecule has 0 aliphatic carbocycles. The third-order valence-corrected chi connectivity index (χ3v) is 4.93. The van der Waals surface area contributed by atoms with Crippen molar-refractivity contribution in [3.63, 3.8) is 0 Å². The van der Waals surface area contributed by atoms with Crippen molar-refractivity contribution in [1.29, 1.82) is 0 Å². The average Bonchev–Trinajstić information content (AvgIpc) is 2.73. The molecule has 178 valence electrons. The van der Waals surface area contributed by atoms with Gasteiger partial charge in [-0.3, -0.25) is 0 Å². The second-order valence-corrected chi connectivity index (χ2v) is 8.45. The van der Waals surface area contributed by atoms with Gasteiger partial charge in [0.2, 0.25) is 5.88 Å². The van der Waals surface area contributed by atoms with E-state index in [0.717, 1.165) is 50.0 Å². The van der Waals surface area contributed by atoms with Crippen molar-refractivity contribution < 1.29 is 14.3 Å². The smallest absolute Gasteiger partial charge is 0.407 e. The van der Waals surface area contributed by atoms with Gasteiger partial charge < -0.3 is 20.5 Å². The summed E-state index contributed by atoms with van der Waals surface area (Å²) in [5.41, 5.74) is 6.16. The number of carbonyl (C=O) groups excluding carboxylic acids is 1. The molecule has 31 heavy (non-hydrogen) atoms. The molecule has 0 spiro atoms. The summed E-state index contributed by atoms with van der Waals surface area (Å²) in [7, 11) is 0. The molecule has 6 heteroatoms. The molecule has 0 saturated carbocycles. The highest BCUT2D eigenvalue weighted by molar-refractivity contribution is 5.82. The Morgan fingerprint density at radius 3 is 2.55 bits per heavy atom. The molecular weight excluding hydrogens is 390 g/mol. The van der Waals surface area contributed by atoms with Crippen molar-refractivity contribution in [2.24, 2.45) is 16.6 Å². The summed E-state index contributed by atoms with van der Waals surface area (Å²) in [5, 5.41) is 2.84. The Hall–Kier alpha value is -2.08. The van der Waals surface area contributed by atoms with Gasteiger partial charge >= 0.3 is 6.09 Å². The Bertz CT molecular complexity index is 634. The first-order valence-electron chi connectivity index (χ1n) is 11.6. The molecule has 0 aliphatic heterocycles. The summed E-state index contributed by atoms with van der Waals surface area (Å²) in [5.74, 6) is 1.66. The van der Waals surface area contributed by atoms with Gasteiger partial charge in [-0.1, -0.05) is 26.8 Å². The van der Waals surface area contributed by atoms with Crippen molar-refractivity contribution in [1.82, 2.24) is 5.32 Å². The van der Waals surface area contributed by atoms with Gasteiger partial charge in [-0.15, -0.1) is 0 Å². The Kier molecular flexibility index (Phi) is 15.5. The molecule has 6 nitrogen and oxygen atoms in total. The number of hydrogen-bond donors (Lipinski definition) is 2. The van der Waals surface area contributed by atoms with Crippen LogP contribution in [0.4, 0.5) is 4.79 Å². The molecule has 0 bridgehead atoms. The number of alkyl carbamates (subject to hydrolysis) is 1. The minimum absolute atomic E-state index is 0.276. The van der Waals surface area contributed by atoms with Crippen molar-refractivity contribution >= 4 is 11.8 Å². The van der Waals surface area contributed by atoms with Gasteiger partial charge in [0, 0.05) is 12.3 Å². The molecule has 1 atom stereocenters. The minimum Gasteiger partial charge on any atom is -0.444 e. The van der Waals surface area contributed by atoms with Crippen molar-refractivity contribution in [3.8, 4) is 0 Å². The van der Waals surface area contributed by atoms with Crippen LogP contribution in [0.3, 0.4) is 0 Å². The van der Waals surface area contributed by atoms with Gasteiger partial charge in [0.25, 0.3) is 0 Å². The maximum atomic E-state index is 11.9. The summed E-state index contributed by atoms with van der Waals surface area (Å²) in [6.45, 7) is 15.2. The van der Waals surface area contributed by atoms with Crippen molar-refractivity contribution in [3.05, 3.63) is 35.9 Å². The van der Waals surface area contributed by atoms with E-state index in [-0.39, 0.29) is 12.0 Å². The van der Waals surface area contributed by atoms with Crippen LogP contribution < -0.4 is 11.1 Å². The predicted molar refractivity (Wildman–Crippen MR) is 131 cm³/mol. The molecular formula is C25H45N3O3. The fourth-order valence-electron chi connectivity index (χ4n) is 2.32. The second-order valence-electron chi connectivity index (χ2n) is 8.45. The van der Waals surface area contributed by atoms with Crippen LogP contribution in [0.5, 0.6) is 0 Å². The molecule has 1 unspecified atom stereocenters. The van der Waals surface area contributed by atoms with Crippen LogP contribution in [-0.4, -0.2) is 30.5 Å².